The number of pyridine rings is 1. The van der Waals surface area contributed by atoms with Crippen LogP contribution in [0.2, 0.25) is 0 Å². The molecule has 0 atom stereocenters. The highest BCUT2D eigenvalue weighted by molar-refractivity contribution is 5.98. The number of hydrogen-bond acceptors (Lipinski definition) is 3. The van der Waals surface area contributed by atoms with Gasteiger partial charge in [0, 0.05) is 27.0 Å². The molecule has 0 fully saturated rings. The van der Waals surface area contributed by atoms with Gasteiger partial charge in [-0.3, -0.25) is 9.55 Å². The minimum Gasteiger partial charge on any atom is -0.507 e. The number of hydrogen-bond donors (Lipinski definition) is 1. The predicted octanol–water partition coefficient (Wildman–Crippen LogP) is 16.6. The maximum absolute atomic E-state index is 12.5. The Morgan fingerprint density at radius 2 is 1.12 bits per heavy atom. The molecule has 4 heteroatoms. The van der Waals surface area contributed by atoms with Gasteiger partial charge in [0.15, 0.2) is 0 Å². The first-order valence-electron chi connectivity index (χ1n) is 24.4. The van der Waals surface area contributed by atoms with Crippen LogP contribution >= 0.6 is 0 Å². The monoisotopic (exact) mass is 867 g/mol. The molecule has 0 spiro atoms. The molecule has 0 radical (unpaired) electrons. The van der Waals surface area contributed by atoms with E-state index in [1.165, 1.54) is 11.1 Å². The molecular formula is C62H61N3O. The Hall–Kier alpha value is -7.04. The van der Waals surface area contributed by atoms with Crippen molar-refractivity contribution in [2.45, 2.75) is 92.3 Å². The summed E-state index contributed by atoms with van der Waals surface area (Å²) in [6.45, 7) is 18.9. The molecule has 0 aliphatic rings. The Morgan fingerprint density at radius 1 is 0.500 bits per heavy atom. The molecule has 0 saturated heterocycles. The first kappa shape index (κ1) is 40.5. The van der Waals surface area contributed by atoms with Crippen molar-refractivity contribution in [3.8, 4) is 78.6 Å². The third-order valence-corrected chi connectivity index (χ3v) is 12.8. The zero-order chi connectivity index (χ0) is 49.2. The number of phenols is 1. The highest BCUT2D eigenvalue weighted by atomic mass is 16.3. The highest BCUT2D eigenvalue weighted by Gasteiger charge is 2.29. The van der Waals surface area contributed by atoms with E-state index in [2.05, 4.69) is 166 Å². The van der Waals surface area contributed by atoms with E-state index < -0.39 is 12.3 Å². The van der Waals surface area contributed by atoms with Gasteiger partial charge in [0.25, 0.3) is 0 Å². The van der Waals surface area contributed by atoms with Crippen molar-refractivity contribution in [1.82, 2.24) is 14.5 Å². The third kappa shape index (κ3) is 8.61. The third-order valence-electron chi connectivity index (χ3n) is 12.8. The lowest BCUT2D eigenvalue weighted by atomic mass is 9.79. The number of imidazole rings is 1. The van der Waals surface area contributed by atoms with Crippen molar-refractivity contribution in [3.05, 3.63) is 192 Å². The minimum atomic E-state index is -2.51. The molecule has 4 nitrogen and oxygen atoms in total. The zero-order valence-corrected chi connectivity index (χ0v) is 39.9. The second kappa shape index (κ2) is 16.7. The average molecular weight is 867 g/mol. The Labute approximate surface area is 395 Å². The summed E-state index contributed by atoms with van der Waals surface area (Å²) >= 11 is 0. The van der Waals surface area contributed by atoms with Crippen molar-refractivity contribution in [2.24, 2.45) is 0 Å². The number of benzene rings is 7. The van der Waals surface area contributed by atoms with Gasteiger partial charge in [-0.25, -0.2) is 4.98 Å². The molecule has 7 aromatic carbocycles. The number of nitrogens with zero attached hydrogens (tertiary/aromatic N) is 3. The minimum absolute atomic E-state index is 0.0270. The molecule has 0 saturated carbocycles. The molecule has 2 aromatic heterocycles. The number of aryl methyl sites for hydroxylation is 2. The van der Waals surface area contributed by atoms with Crippen molar-refractivity contribution < 1.29 is 9.22 Å². The van der Waals surface area contributed by atoms with Crippen molar-refractivity contribution >= 4 is 11.0 Å². The fourth-order valence-electron chi connectivity index (χ4n) is 8.88. The Bertz CT molecular complexity index is 3360. The number of phenolic OH excluding ortho intramolecular Hbond substituents is 1. The van der Waals surface area contributed by atoms with Crippen LogP contribution in [0.4, 0.5) is 0 Å². The molecule has 9 rings (SSSR count). The predicted molar refractivity (Wildman–Crippen MR) is 279 cm³/mol. The second-order valence-corrected chi connectivity index (χ2v) is 20.9. The van der Waals surface area contributed by atoms with Gasteiger partial charge in [-0.1, -0.05) is 171 Å². The number of aromatic hydroxyl groups is 1. The largest absolute Gasteiger partial charge is 0.507 e. The number of fused-ring (bicyclic) bond motifs is 1. The lowest BCUT2D eigenvalue weighted by Gasteiger charge is -2.27. The van der Waals surface area contributed by atoms with Crippen LogP contribution in [0.1, 0.15) is 94.2 Å². The zero-order valence-electron chi connectivity index (χ0n) is 42.9. The van der Waals surface area contributed by atoms with Gasteiger partial charge in [-0.15, -0.1) is 0 Å². The molecule has 0 aliphatic heterocycles. The summed E-state index contributed by atoms with van der Waals surface area (Å²) < 4.78 is 29.1. The Balaban J connectivity index is 1.33. The van der Waals surface area contributed by atoms with E-state index in [1.807, 2.05) is 65.4 Å². The summed E-state index contributed by atoms with van der Waals surface area (Å²) in [5.41, 5.74) is 15.6. The van der Waals surface area contributed by atoms with Crippen LogP contribution in [-0.4, -0.2) is 19.6 Å². The first-order valence-corrected chi connectivity index (χ1v) is 22.9. The fourth-order valence-corrected chi connectivity index (χ4v) is 8.88. The van der Waals surface area contributed by atoms with E-state index >= 15 is 0 Å². The molecule has 0 aliphatic carbocycles. The quantitative estimate of drug-likeness (QED) is 0.174. The normalized spacial score (nSPS) is 13.1. The molecule has 0 amide bonds. The van der Waals surface area contributed by atoms with Crippen LogP contribution in [0, 0.1) is 13.8 Å². The number of para-hydroxylation sites is 1. The van der Waals surface area contributed by atoms with Gasteiger partial charge in [-0.05, 0) is 140 Å². The van der Waals surface area contributed by atoms with E-state index in [1.54, 1.807) is 6.07 Å². The van der Waals surface area contributed by atoms with Crippen LogP contribution in [0.15, 0.2) is 164 Å². The summed E-state index contributed by atoms with van der Waals surface area (Å²) in [7, 11) is 0. The molecule has 2 heterocycles. The van der Waals surface area contributed by atoms with E-state index in [0.717, 1.165) is 66.9 Å². The van der Waals surface area contributed by atoms with E-state index in [0.29, 0.717) is 28.1 Å². The molecule has 330 valence electrons. The van der Waals surface area contributed by atoms with Gasteiger partial charge in [0.05, 0.1) is 28.0 Å². The van der Waals surface area contributed by atoms with Crippen molar-refractivity contribution in [2.75, 3.05) is 0 Å². The van der Waals surface area contributed by atoms with Crippen LogP contribution in [0.5, 0.6) is 5.75 Å². The van der Waals surface area contributed by atoms with Crippen LogP contribution in [-0.2, 0) is 16.2 Å². The summed E-state index contributed by atoms with van der Waals surface area (Å²) in [4.78, 5) is 10.5. The summed E-state index contributed by atoms with van der Waals surface area (Å²) in [6, 6.07) is 53.9. The highest BCUT2D eigenvalue weighted by Crippen LogP contribution is 2.45. The first-order chi connectivity index (χ1) is 32.5. The standard InChI is InChI=1S/C62H61N3O/c1-39-20-22-42(23-21-39)45-30-31-63-54(36-45)48-34-46(41-16-13-12-14-17-41)33-47(35-48)51-18-15-19-56-57(51)64-59(52-37-50(61(6,7)8)38-53(58(52)66)62(9,10)11)65(56)55-29-26-44(32-40(55)2)43-24-27-49(28-25-43)60(3,4)5/h12-38,66H,1-11H3/i2D3. The van der Waals surface area contributed by atoms with Gasteiger partial charge in [-0.2, -0.15) is 0 Å². The molecule has 9 aromatic rings. The maximum atomic E-state index is 12.5. The van der Waals surface area contributed by atoms with Gasteiger partial charge in [0.1, 0.15) is 11.6 Å². The summed E-state index contributed by atoms with van der Waals surface area (Å²) in [5.74, 6) is 0.568. The molecule has 66 heavy (non-hydrogen) atoms. The number of aromatic nitrogens is 3. The van der Waals surface area contributed by atoms with Gasteiger partial charge in [0.2, 0.25) is 0 Å². The number of rotatable bonds is 7. The topological polar surface area (TPSA) is 50.9 Å². The summed E-state index contributed by atoms with van der Waals surface area (Å²) in [5, 5.41) is 12.5. The molecule has 0 bridgehead atoms. The molecular weight excluding hydrogens is 803 g/mol. The molecule has 0 unspecified atom stereocenters. The SMILES string of the molecule is [2H]C([2H])([2H])c1cc(-c2ccc(C(C)(C)C)cc2)ccc1-n1c(-c2cc(C(C)(C)C)cc(C(C)(C)C)c2O)nc2c(-c3cc(-c4ccccc4)cc(-c4cc(-c5ccc(C)cc5)ccn4)c3)cccc21. The van der Waals surface area contributed by atoms with E-state index in [4.69, 9.17) is 14.1 Å². The van der Waals surface area contributed by atoms with Crippen molar-refractivity contribution in [1.29, 1.82) is 0 Å². The average Bonchev–Trinajstić information content (AvgIpc) is 3.70. The van der Waals surface area contributed by atoms with Crippen molar-refractivity contribution in [3.63, 3.8) is 0 Å². The van der Waals surface area contributed by atoms with E-state index in [-0.39, 0.29) is 22.1 Å². The second-order valence-electron chi connectivity index (χ2n) is 20.9. The molecule has 1 N–H and O–H groups in total. The smallest absolute Gasteiger partial charge is 0.149 e. The lowest BCUT2D eigenvalue weighted by molar-refractivity contribution is 0.446. The van der Waals surface area contributed by atoms with Gasteiger partial charge < -0.3 is 5.11 Å². The Kier molecular flexibility index (Phi) is 10.3. The lowest BCUT2D eigenvalue weighted by Crippen LogP contribution is -2.17. The van der Waals surface area contributed by atoms with Gasteiger partial charge >= 0.3 is 0 Å². The Morgan fingerprint density at radius 3 is 1.79 bits per heavy atom. The van der Waals surface area contributed by atoms with Crippen LogP contribution < -0.4 is 0 Å². The fraction of sp³-hybridized carbons (Fsp3) is 0.226. The summed E-state index contributed by atoms with van der Waals surface area (Å²) in [6.07, 6.45) is 1.87. The van der Waals surface area contributed by atoms with Crippen LogP contribution in [0.3, 0.4) is 0 Å². The van der Waals surface area contributed by atoms with Crippen LogP contribution in [0.25, 0.3) is 83.9 Å². The van der Waals surface area contributed by atoms with E-state index in [9.17, 15) is 5.11 Å². The maximum Gasteiger partial charge on any atom is 0.149 e.